The molecular formula is C10H10BrN2+. The molecule has 0 amide bonds. The fourth-order valence-corrected chi connectivity index (χ4v) is 1.63. The third-order valence-electron chi connectivity index (χ3n) is 1.88. The van der Waals surface area contributed by atoms with Gasteiger partial charge < -0.3 is 0 Å². The molecule has 0 aliphatic heterocycles. The highest BCUT2D eigenvalue weighted by atomic mass is 79.9. The lowest BCUT2D eigenvalue weighted by molar-refractivity contribution is -0.670. The normalized spacial score (nSPS) is 10.3. The van der Waals surface area contributed by atoms with Crippen molar-refractivity contribution in [3.8, 4) is 5.69 Å². The minimum Gasteiger partial charge on any atom is -0.239 e. The highest BCUT2D eigenvalue weighted by Crippen LogP contribution is 2.14. The topological polar surface area (TPSA) is 8.81 Å². The minimum absolute atomic E-state index is 1.10. The molecule has 0 fully saturated rings. The van der Waals surface area contributed by atoms with Gasteiger partial charge in [-0.3, -0.25) is 0 Å². The summed E-state index contributed by atoms with van der Waals surface area (Å²) in [5, 5.41) is 0. The van der Waals surface area contributed by atoms with Crippen LogP contribution in [0.4, 0.5) is 0 Å². The van der Waals surface area contributed by atoms with Gasteiger partial charge in [0.25, 0.3) is 0 Å². The molecule has 1 aromatic carbocycles. The third kappa shape index (κ3) is 1.80. The number of rotatable bonds is 1. The van der Waals surface area contributed by atoms with Crippen LogP contribution in [-0.2, 0) is 7.05 Å². The molecule has 0 aliphatic rings. The molecule has 0 aliphatic carbocycles. The molecule has 0 unspecified atom stereocenters. The predicted octanol–water partition coefficient (Wildman–Crippen LogP) is 2.06. The summed E-state index contributed by atoms with van der Waals surface area (Å²) in [6.07, 6.45) is 6.07. The molecule has 0 saturated heterocycles. The average Bonchev–Trinajstić information content (AvgIpc) is 2.52. The summed E-state index contributed by atoms with van der Waals surface area (Å²) in [5.74, 6) is 0. The maximum Gasteiger partial charge on any atom is 0.248 e. The quantitative estimate of drug-likeness (QED) is 0.672. The van der Waals surface area contributed by atoms with Crippen LogP contribution < -0.4 is 4.57 Å². The monoisotopic (exact) mass is 237 g/mol. The first-order valence-corrected chi connectivity index (χ1v) is 4.84. The number of halogens is 1. The molecule has 3 heteroatoms. The van der Waals surface area contributed by atoms with Crippen LogP contribution >= 0.6 is 15.9 Å². The summed E-state index contributed by atoms with van der Waals surface area (Å²) >= 11 is 3.45. The maximum atomic E-state index is 3.45. The van der Waals surface area contributed by atoms with Crippen molar-refractivity contribution < 1.29 is 4.57 Å². The Bertz CT molecular complexity index is 420. The van der Waals surface area contributed by atoms with Crippen molar-refractivity contribution >= 4 is 15.9 Å². The van der Waals surface area contributed by atoms with Crippen LogP contribution in [-0.4, -0.2) is 4.57 Å². The van der Waals surface area contributed by atoms with Gasteiger partial charge >= 0.3 is 0 Å². The summed E-state index contributed by atoms with van der Waals surface area (Å²) in [7, 11) is 2.01. The molecule has 0 bridgehead atoms. The fraction of sp³-hybridized carbons (Fsp3) is 0.100. The molecule has 66 valence electrons. The first-order chi connectivity index (χ1) is 6.25. The second-order valence-electron chi connectivity index (χ2n) is 2.97. The lowest BCUT2D eigenvalue weighted by atomic mass is 10.3. The van der Waals surface area contributed by atoms with E-state index in [0.29, 0.717) is 0 Å². The van der Waals surface area contributed by atoms with E-state index in [9.17, 15) is 0 Å². The van der Waals surface area contributed by atoms with Crippen molar-refractivity contribution in [2.75, 3.05) is 0 Å². The fourth-order valence-electron chi connectivity index (χ4n) is 1.24. The SMILES string of the molecule is C[n+]1ccn(-c2cccc(Br)c2)c1. The molecule has 1 aromatic heterocycles. The Morgan fingerprint density at radius 3 is 2.85 bits per heavy atom. The number of nitrogens with zero attached hydrogens (tertiary/aromatic N) is 2. The van der Waals surface area contributed by atoms with Crippen LogP contribution in [0.3, 0.4) is 0 Å². The number of benzene rings is 1. The van der Waals surface area contributed by atoms with Crippen molar-refractivity contribution in [2.45, 2.75) is 0 Å². The second kappa shape index (κ2) is 3.34. The van der Waals surface area contributed by atoms with Gasteiger partial charge in [0.05, 0.1) is 7.05 Å². The number of aromatic nitrogens is 2. The molecule has 0 spiro atoms. The zero-order chi connectivity index (χ0) is 9.26. The first kappa shape index (κ1) is 8.51. The molecule has 0 N–H and O–H groups in total. The first-order valence-electron chi connectivity index (χ1n) is 4.05. The largest absolute Gasteiger partial charge is 0.248 e. The van der Waals surface area contributed by atoms with Gasteiger partial charge in [0.1, 0.15) is 18.1 Å². The highest BCUT2D eigenvalue weighted by Gasteiger charge is 2.03. The van der Waals surface area contributed by atoms with E-state index < -0.39 is 0 Å². The van der Waals surface area contributed by atoms with Crippen LogP contribution in [0.1, 0.15) is 0 Å². The van der Waals surface area contributed by atoms with E-state index in [0.717, 1.165) is 10.2 Å². The van der Waals surface area contributed by atoms with E-state index in [4.69, 9.17) is 0 Å². The van der Waals surface area contributed by atoms with Gasteiger partial charge in [-0.1, -0.05) is 22.0 Å². The zero-order valence-corrected chi connectivity index (χ0v) is 8.90. The number of hydrogen-bond acceptors (Lipinski definition) is 0. The van der Waals surface area contributed by atoms with Crippen molar-refractivity contribution in [1.29, 1.82) is 0 Å². The van der Waals surface area contributed by atoms with E-state index in [-0.39, 0.29) is 0 Å². The van der Waals surface area contributed by atoms with Gasteiger partial charge in [0.2, 0.25) is 6.33 Å². The summed E-state index contributed by atoms with van der Waals surface area (Å²) in [5.41, 5.74) is 1.16. The van der Waals surface area contributed by atoms with Crippen LogP contribution in [0.15, 0.2) is 47.5 Å². The molecular weight excluding hydrogens is 228 g/mol. The van der Waals surface area contributed by atoms with Crippen molar-refractivity contribution in [3.63, 3.8) is 0 Å². The van der Waals surface area contributed by atoms with Gasteiger partial charge in [-0.2, -0.15) is 0 Å². The van der Waals surface area contributed by atoms with Crippen LogP contribution in [0.5, 0.6) is 0 Å². The van der Waals surface area contributed by atoms with E-state index in [2.05, 4.69) is 32.6 Å². The van der Waals surface area contributed by atoms with E-state index in [1.54, 1.807) is 0 Å². The minimum atomic E-state index is 1.10. The molecule has 13 heavy (non-hydrogen) atoms. The molecule has 0 saturated carbocycles. The van der Waals surface area contributed by atoms with Gasteiger partial charge in [0.15, 0.2) is 0 Å². The summed E-state index contributed by atoms with van der Waals surface area (Å²) in [6.45, 7) is 0. The van der Waals surface area contributed by atoms with E-state index >= 15 is 0 Å². The Balaban J connectivity index is 2.46. The van der Waals surface area contributed by atoms with Gasteiger partial charge in [-0.15, -0.1) is 0 Å². The number of imidazole rings is 1. The summed E-state index contributed by atoms with van der Waals surface area (Å²) in [4.78, 5) is 0. The molecule has 2 rings (SSSR count). The predicted molar refractivity (Wildman–Crippen MR) is 54.6 cm³/mol. The Hall–Kier alpha value is -1.09. The second-order valence-corrected chi connectivity index (χ2v) is 3.88. The van der Waals surface area contributed by atoms with Crippen LogP contribution in [0.2, 0.25) is 0 Å². The standard InChI is InChI=1S/C10H10BrN2/c1-12-5-6-13(8-12)10-4-2-3-9(11)7-10/h2-8H,1H3/q+1. The number of hydrogen-bond donors (Lipinski definition) is 0. The van der Waals surface area contributed by atoms with Crippen molar-refractivity contribution in [2.24, 2.45) is 7.05 Å². The Labute approximate surface area is 85.6 Å². The van der Waals surface area contributed by atoms with Crippen molar-refractivity contribution in [1.82, 2.24) is 4.57 Å². The smallest absolute Gasteiger partial charge is 0.239 e. The Kier molecular flexibility index (Phi) is 2.19. The van der Waals surface area contributed by atoms with Gasteiger partial charge in [0, 0.05) is 4.47 Å². The Morgan fingerprint density at radius 2 is 2.23 bits per heavy atom. The van der Waals surface area contributed by atoms with E-state index in [1.807, 2.05) is 42.5 Å². The molecule has 0 radical (unpaired) electrons. The summed E-state index contributed by atoms with van der Waals surface area (Å²) < 4.78 is 5.19. The number of aryl methyl sites for hydroxylation is 1. The average molecular weight is 238 g/mol. The third-order valence-corrected chi connectivity index (χ3v) is 2.37. The highest BCUT2D eigenvalue weighted by molar-refractivity contribution is 9.10. The van der Waals surface area contributed by atoms with Crippen molar-refractivity contribution in [3.05, 3.63) is 47.5 Å². The van der Waals surface area contributed by atoms with E-state index in [1.165, 1.54) is 0 Å². The molecule has 2 nitrogen and oxygen atoms in total. The lowest BCUT2D eigenvalue weighted by Gasteiger charge is -1.94. The lowest BCUT2D eigenvalue weighted by Crippen LogP contribution is -2.23. The summed E-state index contributed by atoms with van der Waals surface area (Å²) in [6, 6.07) is 8.21. The van der Waals surface area contributed by atoms with Crippen LogP contribution in [0, 0.1) is 0 Å². The molecule has 1 heterocycles. The van der Waals surface area contributed by atoms with Gasteiger partial charge in [-0.05, 0) is 18.2 Å². The Morgan fingerprint density at radius 1 is 1.38 bits per heavy atom. The zero-order valence-electron chi connectivity index (χ0n) is 7.31. The van der Waals surface area contributed by atoms with Gasteiger partial charge in [-0.25, -0.2) is 9.13 Å². The van der Waals surface area contributed by atoms with Crippen LogP contribution in [0.25, 0.3) is 5.69 Å². The molecule has 0 atom stereocenters. The maximum absolute atomic E-state index is 3.45. The molecule has 2 aromatic rings.